The molecule has 0 spiro atoms. The number of nitrogens with one attached hydrogen (secondary N) is 2. The maximum absolute atomic E-state index is 12.4. The first-order valence-electron chi connectivity index (χ1n) is 9.39. The van der Waals surface area contributed by atoms with E-state index >= 15 is 0 Å². The van der Waals surface area contributed by atoms with E-state index in [1.54, 1.807) is 49.2 Å². The average molecular weight is 418 g/mol. The van der Waals surface area contributed by atoms with Crippen LogP contribution in [0.2, 0.25) is 0 Å². The number of benzene rings is 2. The smallest absolute Gasteiger partial charge is 0.253 e. The molecule has 0 radical (unpaired) electrons. The molecule has 0 aromatic heterocycles. The highest BCUT2D eigenvalue weighted by Crippen LogP contribution is 2.12. The molecule has 2 rings (SSSR count). The minimum atomic E-state index is -3.63. The van der Waals surface area contributed by atoms with Crippen LogP contribution in [-0.4, -0.2) is 44.8 Å². The number of sulfonamides is 1. The Morgan fingerprint density at radius 2 is 1.69 bits per heavy atom. The number of amides is 2. The maximum atomic E-state index is 12.4. The lowest BCUT2D eigenvalue weighted by Crippen LogP contribution is -2.32. The minimum absolute atomic E-state index is 0.0455. The number of rotatable bonds is 8. The van der Waals surface area contributed by atoms with E-state index in [1.807, 2.05) is 13.8 Å². The Morgan fingerprint density at radius 1 is 1.03 bits per heavy atom. The molecule has 0 atom stereocenters. The van der Waals surface area contributed by atoms with E-state index in [4.69, 9.17) is 0 Å². The van der Waals surface area contributed by atoms with Gasteiger partial charge in [0.25, 0.3) is 11.8 Å². The van der Waals surface area contributed by atoms with Crippen LogP contribution in [0.25, 0.3) is 0 Å². The summed E-state index contributed by atoms with van der Waals surface area (Å²) in [5, 5.41) is 2.77. The lowest BCUT2D eigenvalue weighted by atomic mass is 10.1. The van der Waals surface area contributed by atoms with Gasteiger partial charge in [-0.2, -0.15) is 0 Å². The van der Waals surface area contributed by atoms with Gasteiger partial charge in [0.05, 0.1) is 4.90 Å². The molecule has 0 aliphatic carbocycles. The molecular weight excluding hydrogens is 390 g/mol. The van der Waals surface area contributed by atoms with Gasteiger partial charge < -0.3 is 10.2 Å². The van der Waals surface area contributed by atoms with Crippen molar-refractivity contribution in [2.45, 2.75) is 38.3 Å². The number of carbonyl (C=O) groups is 2. The predicted molar refractivity (Wildman–Crippen MR) is 112 cm³/mol. The van der Waals surface area contributed by atoms with Crippen molar-refractivity contribution < 1.29 is 18.0 Å². The molecule has 0 fully saturated rings. The third-order valence-electron chi connectivity index (χ3n) is 4.49. The summed E-state index contributed by atoms with van der Waals surface area (Å²) in [7, 11) is -1.87. The lowest BCUT2D eigenvalue weighted by molar-refractivity contribution is 0.0754. The van der Waals surface area contributed by atoms with Crippen LogP contribution in [-0.2, 0) is 16.6 Å². The second-order valence-corrected chi connectivity index (χ2v) is 8.69. The molecule has 156 valence electrons. The Balaban J connectivity index is 2.03. The standard InChI is InChI=1S/C21H27N3O4S/c1-5-23-29(27,28)19-8-6-7-18(13-19)20(25)22-14-16-9-11-17(12-10-16)21(26)24(4)15(2)3/h6-13,15,23H,5,14H2,1-4H3,(H,22,25). The van der Waals surface area contributed by atoms with Gasteiger partial charge in [-0.05, 0) is 49.7 Å². The predicted octanol–water partition coefficient (Wildman–Crippen LogP) is 2.40. The van der Waals surface area contributed by atoms with Crippen LogP contribution in [0.4, 0.5) is 0 Å². The average Bonchev–Trinajstić information content (AvgIpc) is 2.71. The van der Waals surface area contributed by atoms with Crippen LogP contribution in [0.15, 0.2) is 53.4 Å². The summed E-state index contributed by atoms with van der Waals surface area (Å²) < 4.78 is 26.6. The maximum Gasteiger partial charge on any atom is 0.253 e. The second-order valence-electron chi connectivity index (χ2n) is 6.92. The molecule has 2 amide bonds. The zero-order valence-electron chi connectivity index (χ0n) is 17.1. The van der Waals surface area contributed by atoms with Gasteiger partial charge in [-0.15, -0.1) is 0 Å². The quantitative estimate of drug-likeness (QED) is 0.689. The molecule has 0 saturated carbocycles. The van der Waals surface area contributed by atoms with Crippen molar-refractivity contribution >= 4 is 21.8 Å². The number of hydrogen-bond donors (Lipinski definition) is 2. The molecule has 2 aromatic carbocycles. The molecule has 7 nitrogen and oxygen atoms in total. The van der Waals surface area contributed by atoms with Gasteiger partial charge in [0.1, 0.15) is 0 Å². The minimum Gasteiger partial charge on any atom is -0.348 e. The molecule has 2 aromatic rings. The fourth-order valence-corrected chi connectivity index (χ4v) is 3.65. The Kier molecular flexibility index (Phi) is 7.53. The van der Waals surface area contributed by atoms with E-state index in [2.05, 4.69) is 10.0 Å². The summed E-state index contributed by atoms with van der Waals surface area (Å²) in [5.74, 6) is -0.437. The van der Waals surface area contributed by atoms with Crippen molar-refractivity contribution in [2.24, 2.45) is 0 Å². The van der Waals surface area contributed by atoms with E-state index in [0.29, 0.717) is 5.56 Å². The summed E-state index contributed by atoms with van der Waals surface area (Å²) in [6.45, 7) is 6.11. The van der Waals surface area contributed by atoms with Crippen LogP contribution >= 0.6 is 0 Å². The van der Waals surface area contributed by atoms with E-state index in [-0.39, 0.29) is 41.4 Å². The Morgan fingerprint density at radius 3 is 2.28 bits per heavy atom. The highest BCUT2D eigenvalue weighted by molar-refractivity contribution is 7.89. The number of carbonyl (C=O) groups excluding carboxylic acids is 2. The molecule has 0 heterocycles. The van der Waals surface area contributed by atoms with E-state index in [1.165, 1.54) is 18.2 Å². The normalized spacial score (nSPS) is 11.3. The zero-order valence-corrected chi connectivity index (χ0v) is 17.9. The zero-order chi connectivity index (χ0) is 21.6. The van der Waals surface area contributed by atoms with Gasteiger partial charge in [-0.1, -0.05) is 25.1 Å². The molecule has 8 heteroatoms. The van der Waals surface area contributed by atoms with Gasteiger partial charge in [0.15, 0.2) is 0 Å². The molecular formula is C21H27N3O4S. The Labute approximate surface area is 172 Å². The van der Waals surface area contributed by atoms with Gasteiger partial charge in [0.2, 0.25) is 10.0 Å². The first-order chi connectivity index (χ1) is 13.7. The monoisotopic (exact) mass is 417 g/mol. The molecule has 0 aliphatic rings. The van der Waals surface area contributed by atoms with Crippen LogP contribution in [0.1, 0.15) is 47.1 Å². The van der Waals surface area contributed by atoms with Crippen LogP contribution in [0.5, 0.6) is 0 Å². The van der Waals surface area contributed by atoms with Gasteiger partial charge in [-0.3, -0.25) is 9.59 Å². The first-order valence-corrected chi connectivity index (χ1v) is 10.9. The van der Waals surface area contributed by atoms with E-state index in [0.717, 1.165) is 5.56 Å². The third-order valence-corrected chi connectivity index (χ3v) is 6.03. The molecule has 0 saturated heterocycles. The SMILES string of the molecule is CCNS(=O)(=O)c1cccc(C(=O)NCc2ccc(C(=O)N(C)C(C)C)cc2)c1. The van der Waals surface area contributed by atoms with E-state index in [9.17, 15) is 18.0 Å². The molecule has 2 N–H and O–H groups in total. The van der Waals surface area contributed by atoms with Crippen LogP contribution in [0, 0.1) is 0 Å². The molecule has 0 aliphatic heterocycles. The molecule has 0 unspecified atom stereocenters. The summed E-state index contributed by atoms with van der Waals surface area (Å²) >= 11 is 0. The highest BCUT2D eigenvalue weighted by atomic mass is 32.2. The largest absolute Gasteiger partial charge is 0.348 e. The van der Waals surface area contributed by atoms with Gasteiger partial charge in [0, 0.05) is 37.3 Å². The lowest BCUT2D eigenvalue weighted by Gasteiger charge is -2.21. The van der Waals surface area contributed by atoms with Crippen molar-refractivity contribution in [1.82, 2.24) is 14.9 Å². The van der Waals surface area contributed by atoms with Crippen molar-refractivity contribution in [3.05, 3.63) is 65.2 Å². The Bertz CT molecular complexity index is 970. The summed E-state index contributed by atoms with van der Waals surface area (Å²) in [5.41, 5.74) is 1.67. The molecule has 29 heavy (non-hydrogen) atoms. The summed E-state index contributed by atoms with van der Waals surface area (Å²) in [6, 6.07) is 13.0. The van der Waals surface area contributed by atoms with Crippen molar-refractivity contribution in [3.63, 3.8) is 0 Å². The van der Waals surface area contributed by atoms with Crippen molar-refractivity contribution in [3.8, 4) is 0 Å². The highest BCUT2D eigenvalue weighted by Gasteiger charge is 2.16. The van der Waals surface area contributed by atoms with Crippen LogP contribution in [0.3, 0.4) is 0 Å². The fourth-order valence-electron chi connectivity index (χ4n) is 2.57. The summed E-state index contributed by atoms with van der Waals surface area (Å²) in [6.07, 6.45) is 0. The van der Waals surface area contributed by atoms with Crippen LogP contribution < -0.4 is 10.0 Å². The number of hydrogen-bond acceptors (Lipinski definition) is 4. The van der Waals surface area contributed by atoms with Gasteiger partial charge >= 0.3 is 0 Å². The second kappa shape index (κ2) is 9.67. The molecule has 0 bridgehead atoms. The summed E-state index contributed by atoms with van der Waals surface area (Å²) in [4.78, 5) is 26.4. The first kappa shape index (κ1) is 22.6. The topological polar surface area (TPSA) is 95.6 Å². The van der Waals surface area contributed by atoms with Gasteiger partial charge in [-0.25, -0.2) is 13.1 Å². The fraction of sp³-hybridized carbons (Fsp3) is 0.333. The van der Waals surface area contributed by atoms with Crippen molar-refractivity contribution in [1.29, 1.82) is 0 Å². The van der Waals surface area contributed by atoms with Crippen molar-refractivity contribution in [2.75, 3.05) is 13.6 Å². The Hall–Kier alpha value is -2.71. The number of nitrogens with zero attached hydrogens (tertiary/aromatic N) is 1. The van der Waals surface area contributed by atoms with E-state index < -0.39 is 10.0 Å². The third kappa shape index (κ3) is 5.88.